The van der Waals surface area contributed by atoms with Crippen LogP contribution in [0, 0.1) is 0 Å². The molecule has 3 rings (SSSR count). The third-order valence-corrected chi connectivity index (χ3v) is 4.52. The van der Waals surface area contributed by atoms with Crippen LogP contribution >= 0.6 is 0 Å². The fourth-order valence-corrected chi connectivity index (χ4v) is 2.83. The lowest BCUT2D eigenvalue weighted by Crippen LogP contribution is -2.61. The van der Waals surface area contributed by atoms with E-state index in [0.717, 1.165) is 0 Å². The summed E-state index contributed by atoms with van der Waals surface area (Å²) < 4.78 is 10.3. The fraction of sp³-hybridized carbons (Fsp3) is 0.238. The summed E-state index contributed by atoms with van der Waals surface area (Å²) in [5, 5.41) is 31.4. The van der Waals surface area contributed by atoms with Gasteiger partial charge < -0.3 is 24.8 Å². The molecule has 0 unspecified atom stereocenters. The molecule has 0 aromatic heterocycles. The Kier molecular flexibility index (Phi) is 5.89. The molecule has 28 heavy (non-hydrogen) atoms. The number of rotatable bonds is 5. The van der Waals surface area contributed by atoms with Gasteiger partial charge in [-0.15, -0.1) is 0 Å². The summed E-state index contributed by atoms with van der Waals surface area (Å²) in [7, 11) is 0. The summed E-state index contributed by atoms with van der Waals surface area (Å²) in [6.45, 7) is -0.688. The quantitative estimate of drug-likeness (QED) is 0.522. The number of esters is 2. The van der Waals surface area contributed by atoms with Crippen LogP contribution in [0.15, 0.2) is 72.8 Å². The van der Waals surface area contributed by atoms with Crippen molar-refractivity contribution in [2.45, 2.75) is 23.9 Å². The van der Waals surface area contributed by atoms with Crippen LogP contribution in [0.1, 0.15) is 20.7 Å². The fourth-order valence-electron chi connectivity index (χ4n) is 2.83. The second-order valence-electron chi connectivity index (χ2n) is 6.44. The van der Waals surface area contributed by atoms with Gasteiger partial charge in [-0.1, -0.05) is 42.5 Å². The topological polar surface area (TPSA) is 113 Å². The summed E-state index contributed by atoms with van der Waals surface area (Å²) in [5.41, 5.74) is -1.71. The van der Waals surface area contributed by atoms with E-state index in [9.17, 15) is 24.9 Å². The first-order valence-corrected chi connectivity index (χ1v) is 8.67. The minimum absolute atomic E-state index is 0.258. The highest BCUT2D eigenvalue weighted by Crippen LogP contribution is 2.28. The van der Waals surface area contributed by atoms with Gasteiger partial charge in [0.2, 0.25) is 0 Å². The molecule has 0 amide bonds. The molecule has 1 aliphatic carbocycles. The largest absolute Gasteiger partial charge is 0.459 e. The maximum absolute atomic E-state index is 12.2. The second kappa shape index (κ2) is 8.35. The highest BCUT2D eigenvalue weighted by molar-refractivity contribution is 5.90. The molecule has 0 saturated heterocycles. The van der Waals surface area contributed by atoms with E-state index in [4.69, 9.17) is 9.47 Å². The zero-order valence-corrected chi connectivity index (χ0v) is 14.8. The van der Waals surface area contributed by atoms with Gasteiger partial charge in [-0.3, -0.25) is 0 Å². The van der Waals surface area contributed by atoms with Crippen molar-refractivity contribution in [3.05, 3.63) is 83.9 Å². The lowest BCUT2D eigenvalue weighted by atomic mass is 9.83. The van der Waals surface area contributed by atoms with Crippen LogP contribution in [0.4, 0.5) is 0 Å². The molecule has 0 spiro atoms. The van der Waals surface area contributed by atoms with Gasteiger partial charge in [-0.25, -0.2) is 9.59 Å². The summed E-state index contributed by atoms with van der Waals surface area (Å²) in [5.74, 6) is -1.42. The Hall–Kier alpha value is -3.00. The van der Waals surface area contributed by atoms with E-state index in [1.54, 1.807) is 48.5 Å². The van der Waals surface area contributed by atoms with Crippen LogP contribution in [0.25, 0.3) is 0 Å². The maximum Gasteiger partial charge on any atom is 0.338 e. The molecular weight excluding hydrogens is 364 g/mol. The van der Waals surface area contributed by atoms with Crippen LogP contribution in [-0.4, -0.2) is 57.8 Å². The van der Waals surface area contributed by atoms with Crippen molar-refractivity contribution in [1.82, 2.24) is 0 Å². The van der Waals surface area contributed by atoms with Crippen LogP contribution in [-0.2, 0) is 9.47 Å². The van der Waals surface area contributed by atoms with Crippen molar-refractivity contribution in [3.8, 4) is 0 Å². The van der Waals surface area contributed by atoms with Gasteiger partial charge >= 0.3 is 11.9 Å². The van der Waals surface area contributed by atoms with E-state index >= 15 is 0 Å². The molecule has 4 atom stereocenters. The Morgan fingerprint density at radius 1 is 0.857 bits per heavy atom. The van der Waals surface area contributed by atoms with Gasteiger partial charge in [0, 0.05) is 0 Å². The van der Waals surface area contributed by atoms with E-state index in [1.165, 1.54) is 24.3 Å². The molecule has 7 heteroatoms. The summed E-state index contributed by atoms with van der Waals surface area (Å²) in [6, 6.07) is 16.2. The van der Waals surface area contributed by atoms with Gasteiger partial charge in [0.25, 0.3) is 0 Å². The smallest absolute Gasteiger partial charge is 0.338 e. The molecule has 2 aromatic carbocycles. The zero-order valence-electron chi connectivity index (χ0n) is 14.8. The van der Waals surface area contributed by atoms with Crippen molar-refractivity contribution < 1.29 is 34.4 Å². The van der Waals surface area contributed by atoms with Gasteiger partial charge in [0.1, 0.15) is 24.9 Å². The Labute approximate surface area is 161 Å². The van der Waals surface area contributed by atoms with Crippen LogP contribution in [0.5, 0.6) is 0 Å². The molecule has 0 heterocycles. The number of hydrogen-bond donors (Lipinski definition) is 3. The molecule has 0 aliphatic heterocycles. The first kappa shape index (κ1) is 19.8. The first-order chi connectivity index (χ1) is 13.4. The highest BCUT2D eigenvalue weighted by Gasteiger charge is 2.50. The summed E-state index contributed by atoms with van der Waals surface area (Å²) in [6.07, 6.45) is -1.98. The van der Waals surface area contributed by atoms with Crippen LogP contribution < -0.4 is 0 Å². The molecule has 0 fully saturated rings. The van der Waals surface area contributed by atoms with E-state index in [2.05, 4.69) is 0 Å². The highest BCUT2D eigenvalue weighted by atomic mass is 16.6. The monoisotopic (exact) mass is 384 g/mol. The number of benzene rings is 2. The normalized spacial score (nSPS) is 26.5. The first-order valence-electron chi connectivity index (χ1n) is 8.67. The van der Waals surface area contributed by atoms with E-state index < -0.39 is 42.5 Å². The number of aliphatic hydroxyl groups is 3. The maximum atomic E-state index is 12.2. The average Bonchev–Trinajstić information content (AvgIpc) is 2.74. The van der Waals surface area contributed by atoms with E-state index in [1.807, 2.05) is 0 Å². The lowest BCUT2D eigenvalue weighted by Gasteiger charge is -2.40. The van der Waals surface area contributed by atoms with Crippen molar-refractivity contribution in [1.29, 1.82) is 0 Å². The summed E-state index contributed by atoms with van der Waals surface area (Å²) >= 11 is 0. The second-order valence-corrected chi connectivity index (χ2v) is 6.44. The van der Waals surface area contributed by atoms with Gasteiger partial charge in [-0.05, 0) is 30.3 Å². The van der Waals surface area contributed by atoms with Gasteiger partial charge in [-0.2, -0.15) is 0 Å². The summed E-state index contributed by atoms with van der Waals surface area (Å²) in [4.78, 5) is 24.3. The van der Waals surface area contributed by atoms with E-state index in [0.29, 0.717) is 0 Å². The molecule has 2 aromatic rings. The number of carbonyl (C=O) groups excluding carboxylic acids is 2. The van der Waals surface area contributed by atoms with Crippen molar-refractivity contribution >= 4 is 11.9 Å². The van der Waals surface area contributed by atoms with Crippen LogP contribution in [0.3, 0.4) is 0 Å². The average molecular weight is 384 g/mol. The predicted octanol–water partition coefficient (Wildman–Crippen LogP) is 1.09. The Balaban J connectivity index is 1.69. The molecule has 0 radical (unpaired) electrons. The standard InChI is InChI=1S/C21H20O7/c22-17-12-11-16(28-20(25)15-9-5-2-6-10-15)18(23)21(17,26)13-27-19(24)14-7-3-1-4-8-14/h1-12,16-18,22-23,26H,13H2/t16-,17+,18-,21-/m0/s1. The number of aliphatic hydroxyl groups excluding tert-OH is 2. The van der Waals surface area contributed by atoms with Crippen molar-refractivity contribution in [2.24, 2.45) is 0 Å². The van der Waals surface area contributed by atoms with Gasteiger partial charge in [0.05, 0.1) is 11.1 Å². The third-order valence-electron chi connectivity index (χ3n) is 4.52. The molecule has 0 bridgehead atoms. The molecule has 1 aliphatic rings. The molecule has 7 nitrogen and oxygen atoms in total. The molecule has 146 valence electrons. The minimum atomic E-state index is -2.24. The number of carbonyl (C=O) groups is 2. The SMILES string of the molecule is O=C(OC[C@]1(O)[C@H](O)C=C[C@H](OC(=O)c2ccccc2)[C@@H]1O)c1ccccc1. The predicted molar refractivity (Wildman–Crippen MR) is 98.5 cm³/mol. The Morgan fingerprint density at radius 3 is 1.96 bits per heavy atom. The zero-order chi connectivity index (χ0) is 20.1. The number of hydrogen-bond acceptors (Lipinski definition) is 7. The number of ether oxygens (including phenoxy) is 2. The Bertz CT molecular complexity index is 850. The van der Waals surface area contributed by atoms with Crippen molar-refractivity contribution in [3.63, 3.8) is 0 Å². The molecule has 0 saturated carbocycles. The lowest BCUT2D eigenvalue weighted by molar-refractivity contribution is -0.183. The minimum Gasteiger partial charge on any atom is -0.459 e. The molecule has 3 N–H and O–H groups in total. The van der Waals surface area contributed by atoms with Crippen LogP contribution in [0.2, 0.25) is 0 Å². The third kappa shape index (κ3) is 4.12. The van der Waals surface area contributed by atoms with E-state index in [-0.39, 0.29) is 11.1 Å². The van der Waals surface area contributed by atoms with Gasteiger partial charge in [0.15, 0.2) is 5.60 Å². The molecular formula is C21H20O7. The Morgan fingerprint density at radius 2 is 1.39 bits per heavy atom. The van der Waals surface area contributed by atoms with Crippen molar-refractivity contribution in [2.75, 3.05) is 6.61 Å².